The van der Waals surface area contributed by atoms with Crippen molar-refractivity contribution in [3.8, 4) is 0 Å². The Kier molecular flexibility index (Phi) is 1.93. The molecule has 0 spiro atoms. The monoisotopic (exact) mass is 244 g/mol. The molecule has 0 atom stereocenters. The average molecular weight is 245 g/mol. The molecule has 12 heavy (non-hydrogen) atoms. The van der Waals surface area contributed by atoms with Gasteiger partial charge in [-0.05, 0) is 40.5 Å². The third-order valence-electron chi connectivity index (χ3n) is 1.73. The fraction of sp³-hybridized carbons (Fsp3) is 0.111. The predicted molar refractivity (Wildman–Crippen MR) is 54.2 cm³/mol. The number of fused-ring (bicyclic) bond motifs is 1. The second-order valence-corrected chi connectivity index (χ2v) is 4.44. The van der Waals surface area contributed by atoms with Crippen LogP contribution in [0, 0.1) is 12.7 Å². The summed E-state index contributed by atoms with van der Waals surface area (Å²) in [6, 6.07) is 3.87. The van der Waals surface area contributed by atoms with E-state index in [2.05, 4.69) is 15.9 Å². The van der Waals surface area contributed by atoms with Crippen molar-refractivity contribution >= 4 is 37.4 Å². The van der Waals surface area contributed by atoms with Gasteiger partial charge in [-0.25, -0.2) is 4.39 Å². The van der Waals surface area contributed by atoms with Crippen LogP contribution in [0.2, 0.25) is 0 Å². The standard InChI is InChI=1S/C9H6BrFS/c1-5-2-6-8(11)4-12-9(6)7(10)3-5/h2-4H,1H3. The van der Waals surface area contributed by atoms with Crippen molar-refractivity contribution < 1.29 is 4.39 Å². The molecule has 2 rings (SSSR count). The Bertz CT molecular complexity index is 433. The number of thiophene rings is 1. The quantitative estimate of drug-likeness (QED) is 0.655. The molecule has 1 aromatic carbocycles. The molecule has 0 radical (unpaired) electrons. The lowest BCUT2D eigenvalue weighted by molar-refractivity contribution is 0.644. The Morgan fingerprint density at radius 2 is 2.17 bits per heavy atom. The minimum absolute atomic E-state index is 0.126. The molecule has 0 saturated carbocycles. The fourth-order valence-corrected chi connectivity index (χ4v) is 2.86. The summed E-state index contributed by atoms with van der Waals surface area (Å²) >= 11 is 4.83. The summed E-state index contributed by atoms with van der Waals surface area (Å²) in [5, 5.41) is 2.25. The molecule has 0 aliphatic heterocycles. The summed E-state index contributed by atoms with van der Waals surface area (Å²) in [6.45, 7) is 1.96. The average Bonchev–Trinajstić information content (AvgIpc) is 2.33. The third kappa shape index (κ3) is 1.17. The highest BCUT2D eigenvalue weighted by Gasteiger charge is 2.06. The summed E-state index contributed by atoms with van der Waals surface area (Å²) in [7, 11) is 0. The van der Waals surface area contributed by atoms with Crippen LogP contribution in [0.3, 0.4) is 0 Å². The maximum absolute atomic E-state index is 13.1. The molecule has 2 aromatic rings. The van der Waals surface area contributed by atoms with Gasteiger partial charge in [0.15, 0.2) is 0 Å². The maximum atomic E-state index is 13.1. The first-order chi connectivity index (χ1) is 5.68. The van der Waals surface area contributed by atoms with Gasteiger partial charge in [-0.1, -0.05) is 0 Å². The van der Waals surface area contributed by atoms with E-state index in [1.807, 2.05) is 19.1 Å². The molecule has 0 nitrogen and oxygen atoms in total. The molecule has 3 heteroatoms. The summed E-state index contributed by atoms with van der Waals surface area (Å²) in [4.78, 5) is 0. The predicted octanol–water partition coefficient (Wildman–Crippen LogP) is 4.11. The van der Waals surface area contributed by atoms with E-state index in [-0.39, 0.29) is 5.82 Å². The van der Waals surface area contributed by atoms with Crippen molar-refractivity contribution in [2.24, 2.45) is 0 Å². The summed E-state index contributed by atoms with van der Waals surface area (Å²) in [5.41, 5.74) is 1.08. The lowest BCUT2D eigenvalue weighted by Gasteiger charge is -1.96. The van der Waals surface area contributed by atoms with Gasteiger partial charge in [-0.3, -0.25) is 0 Å². The van der Waals surface area contributed by atoms with Crippen LogP contribution in [-0.4, -0.2) is 0 Å². The van der Waals surface area contributed by atoms with Crippen LogP contribution in [0.1, 0.15) is 5.56 Å². The molecule has 0 unspecified atom stereocenters. The SMILES string of the molecule is Cc1cc(Br)c2scc(F)c2c1. The highest BCUT2D eigenvalue weighted by atomic mass is 79.9. The molecule has 0 aliphatic carbocycles. The van der Waals surface area contributed by atoms with E-state index in [9.17, 15) is 4.39 Å². The number of benzene rings is 1. The number of hydrogen-bond acceptors (Lipinski definition) is 1. The number of aryl methyl sites for hydroxylation is 1. The Hall–Kier alpha value is -0.410. The van der Waals surface area contributed by atoms with Crippen molar-refractivity contribution in [3.05, 3.63) is 33.4 Å². The highest BCUT2D eigenvalue weighted by molar-refractivity contribution is 9.10. The molecule has 1 heterocycles. The number of halogens is 2. The Labute approximate surface area is 82.2 Å². The molecular weight excluding hydrogens is 239 g/mol. The molecule has 1 aromatic heterocycles. The molecule has 0 fully saturated rings. The lowest BCUT2D eigenvalue weighted by atomic mass is 10.2. The van der Waals surface area contributed by atoms with Crippen molar-refractivity contribution in [2.75, 3.05) is 0 Å². The Morgan fingerprint density at radius 3 is 2.92 bits per heavy atom. The van der Waals surface area contributed by atoms with Gasteiger partial charge in [0.05, 0.1) is 4.70 Å². The van der Waals surface area contributed by atoms with E-state index in [1.54, 1.807) is 0 Å². The van der Waals surface area contributed by atoms with Crippen molar-refractivity contribution in [1.82, 2.24) is 0 Å². The second-order valence-electron chi connectivity index (χ2n) is 2.71. The van der Waals surface area contributed by atoms with Crippen LogP contribution in [-0.2, 0) is 0 Å². The van der Waals surface area contributed by atoms with Crippen molar-refractivity contribution in [3.63, 3.8) is 0 Å². The summed E-state index contributed by atoms with van der Waals surface area (Å²) < 4.78 is 15.1. The Balaban J connectivity index is 2.92. The molecule has 0 bridgehead atoms. The fourth-order valence-electron chi connectivity index (χ4n) is 1.20. The normalized spacial score (nSPS) is 10.9. The zero-order valence-corrected chi connectivity index (χ0v) is 8.80. The second kappa shape index (κ2) is 2.82. The van der Waals surface area contributed by atoms with Crippen LogP contribution in [0.25, 0.3) is 10.1 Å². The first-order valence-electron chi connectivity index (χ1n) is 3.51. The van der Waals surface area contributed by atoms with Gasteiger partial charge in [-0.2, -0.15) is 0 Å². The van der Waals surface area contributed by atoms with Crippen LogP contribution >= 0.6 is 27.3 Å². The maximum Gasteiger partial charge on any atom is 0.141 e. The zero-order valence-electron chi connectivity index (χ0n) is 6.40. The Morgan fingerprint density at radius 1 is 1.42 bits per heavy atom. The van der Waals surface area contributed by atoms with Gasteiger partial charge in [0.1, 0.15) is 5.82 Å². The molecule has 62 valence electrons. The van der Waals surface area contributed by atoms with Gasteiger partial charge < -0.3 is 0 Å². The smallest absolute Gasteiger partial charge is 0.141 e. The van der Waals surface area contributed by atoms with Gasteiger partial charge in [-0.15, -0.1) is 11.3 Å². The lowest BCUT2D eigenvalue weighted by Crippen LogP contribution is -1.74. The van der Waals surface area contributed by atoms with E-state index in [0.717, 1.165) is 14.7 Å². The van der Waals surface area contributed by atoms with Crippen molar-refractivity contribution in [1.29, 1.82) is 0 Å². The van der Waals surface area contributed by atoms with Gasteiger partial charge in [0.2, 0.25) is 0 Å². The summed E-state index contributed by atoms with van der Waals surface area (Å²) in [6.07, 6.45) is 0. The van der Waals surface area contributed by atoms with Gasteiger partial charge in [0.25, 0.3) is 0 Å². The van der Waals surface area contributed by atoms with Gasteiger partial charge >= 0.3 is 0 Å². The van der Waals surface area contributed by atoms with Crippen LogP contribution < -0.4 is 0 Å². The first kappa shape index (κ1) is 8.20. The highest BCUT2D eigenvalue weighted by Crippen LogP contribution is 2.32. The van der Waals surface area contributed by atoms with Crippen LogP contribution in [0.15, 0.2) is 22.0 Å². The topological polar surface area (TPSA) is 0 Å². The van der Waals surface area contributed by atoms with E-state index < -0.39 is 0 Å². The zero-order chi connectivity index (χ0) is 8.72. The minimum Gasteiger partial charge on any atom is -0.205 e. The largest absolute Gasteiger partial charge is 0.205 e. The molecule has 0 saturated heterocycles. The minimum atomic E-state index is -0.126. The third-order valence-corrected chi connectivity index (χ3v) is 3.61. The molecular formula is C9H6BrFS. The van der Waals surface area contributed by atoms with Crippen molar-refractivity contribution in [2.45, 2.75) is 6.92 Å². The van der Waals surface area contributed by atoms with E-state index in [1.165, 1.54) is 16.7 Å². The van der Waals surface area contributed by atoms with Crippen LogP contribution in [0.5, 0.6) is 0 Å². The molecule has 0 N–H and O–H groups in total. The van der Waals surface area contributed by atoms with E-state index in [4.69, 9.17) is 0 Å². The number of rotatable bonds is 0. The molecule has 0 aliphatic rings. The number of hydrogen-bond donors (Lipinski definition) is 0. The summed E-state index contributed by atoms with van der Waals surface area (Å²) in [5.74, 6) is -0.126. The van der Waals surface area contributed by atoms with E-state index in [0.29, 0.717) is 5.39 Å². The van der Waals surface area contributed by atoms with Crippen LogP contribution in [0.4, 0.5) is 4.39 Å². The molecule has 0 amide bonds. The van der Waals surface area contributed by atoms with Gasteiger partial charge in [0, 0.05) is 15.2 Å². The first-order valence-corrected chi connectivity index (χ1v) is 5.18. The van der Waals surface area contributed by atoms with E-state index >= 15 is 0 Å².